The number of hydrogen-bond acceptors (Lipinski definition) is 4. The minimum atomic E-state index is -0.536. The highest BCUT2D eigenvalue weighted by molar-refractivity contribution is 9.10. The summed E-state index contributed by atoms with van der Waals surface area (Å²) in [7, 11) is 0. The molecule has 0 bridgehead atoms. The van der Waals surface area contributed by atoms with Crippen LogP contribution in [0.2, 0.25) is 5.02 Å². The van der Waals surface area contributed by atoms with Gasteiger partial charge in [0.15, 0.2) is 5.69 Å². The van der Waals surface area contributed by atoms with Crippen molar-refractivity contribution in [2.45, 2.75) is 6.54 Å². The number of pyridine rings is 1. The van der Waals surface area contributed by atoms with Crippen molar-refractivity contribution in [1.29, 1.82) is 0 Å². The third-order valence-electron chi connectivity index (χ3n) is 4.38. The molecular formula is C21H14BrClN4O2. The Balaban J connectivity index is 1.76. The van der Waals surface area contributed by atoms with Crippen molar-refractivity contribution >= 4 is 50.0 Å². The van der Waals surface area contributed by atoms with Crippen molar-refractivity contribution in [3.05, 3.63) is 87.6 Å². The molecule has 2 heterocycles. The van der Waals surface area contributed by atoms with Crippen LogP contribution in [-0.2, 0) is 6.54 Å². The Hall–Kier alpha value is -3.03. The molecule has 4 rings (SSSR count). The number of aromatic nitrogens is 2. The van der Waals surface area contributed by atoms with Crippen LogP contribution in [0.15, 0.2) is 81.7 Å². The minimum absolute atomic E-state index is 0.0733. The number of carbonyl (C=O) groups is 1. The zero-order chi connectivity index (χ0) is 20.4. The van der Waals surface area contributed by atoms with Crippen molar-refractivity contribution in [3.63, 3.8) is 0 Å². The SMILES string of the molecule is O=C(N=Nc1c(O)n(Cc2ccc(Cl)cc2)c2ccc(Br)cc12)c1cccnc1. The second kappa shape index (κ2) is 8.14. The smallest absolute Gasteiger partial charge is 0.296 e. The Morgan fingerprint density at radius 3 is 2.69 bits per heavy atom. The average molecular weight is 470 g/mol. The highest BCUT2D eigenvalue weighted by Gasteiger charge is 2.18. The maximum Gasteiger partial charge on any atom is 0.296 e. The van der Waals surface area contributed by atoms with Crippen LogP contribution in [0.5, 0.6) is 5.88 Å². The van der Waals surface area contributed by atoms with Gasteiger partial charge < -0.3 is 9.67 Å². The highest BCUT2D eigenvalue weighted by atomic mass is 79.9. The van der Waals surface area contributed by atoms with E-state index in [9.17, 15) is 9.90 Å². The maximum absolute atomic E-state index is 12.3. The highest BCUT2D eigenvalue weighted by Crippen LogP contribution is 2.40. The van der Waals surface area contributed by atoms with Crippen molar-refractivity contribution in [1.82, 2.24) is 9.55 Å². The fourth-order valence-corrected chi connectivity index (χ4v) is 3.46. The van der Waals surface area contributed by atoms with Crippen LogP contribution in [0.1, 0.15) is 15.9 Å². The van der Waals surface area contributed by atoms with E-state index in [0.29, 0.717) is 22.5 Å². The third kappa shape index (κ3) is 4.06. The van der Waals surface area contributed by atoms with E-state index in [1.165, 1.54) is 6.20 Å². The van der Waals surface area contributed by atoms with Crippen LogP contribution in [0.25, 0.3) is 10.9 Å². The van der Waals surface area contributed by atoms with Gasteiger partial charge in [-0.15, -0.1) is 10.2 Å². The molecule has 0 radical (unpaired) electrons. The first-order valence-corrected chi connectivity index (χ1v) is 9.81. The van der Waals surface area contributed by atoms with E-state index in [1.54, 1.807) is 35.0 Å². The molecule has 0 atom stereocenters. The first-order chi connectivity index (χ1) is 14.0. The number of halogens is 2. The summed E-state index contributed by atoms with van der Waals surface area (Å²) in [5.74, 6) is -0.609. The molecule has 0 aliphatic heterocycles. The molecule has 144 valence electrons. The van der Waals surface area contributed by atoms with E-state index < -0.39 is 5.91 Å². The Kier molecular flexibility index (Phi) is 5.42. The van der Waals surface area contributed by atoms with E-state index in [4.69, 9.17) is 11.6 Å². The largest absolute Gasteiger partial charge is 0.493 e. The van der Waals surface area contributed by atoms with Gasteiger partial charge in [0, 0.05) is 27.3 Å². The fraction of sp³-hybridized carbons (Fsp3) is 0.0476. The fourth-order valence-electron chi connectivity index (χ4n) is 2.97. The molecule has 0 spiro atoms. The van der Waals surface area contributed by atoms with Gasteiger partial charge in [0.05, 0.1) is 17.6 Å². The molecule has 0 saturated carbocycles. The van der Waals surface area contributed by atoms with E-state index in [0.717, 1.165) is 15.6 Å². The van der Waals surface area contributed by atoms with Crippen LogP contribution in [0.4, 0.5) is 5.69 Å². The molecule has 0 aliphatic rings. The Labute approximate surface area is 179 Å². The van der Waals surface area contributed by atoms with Gasteiger partial charge in [-0.05, 0) is 48.0 Å². The van der Waals surface area contributed by atoms with Crippen molar-refractivity contribution in [3.8, 4) is 5.88 Å². The van der Waals surface area contributed by atoms with Crippen LogP contribution >= 0.6 is 27.5 Å². The lowest BCUT2D eigenvalue weighted by atomic mass is 10.2. The summed E-state index contributed by atoms with van der Waals surface area (Å²) in [6.07, 6.45) is 2.99. The summed E-state index contributed by atoms with van der Waals surface area (Å²) < 4.78 is 2.54. The zero-order valence-electron chi connectivity index (χ0n) is 15.0. The molecule has 0 aliphatic carbocycles. The first-order valence-electron chi connectivity index (χ1n) is 8.64. The standard InChI is InChI=1S/C21H14BrClN4O2/c22-15-5-8-18-17(10-15)19(25-26-20(28)14-2-1-9-24-11-14)21(29)27(18)12-13-3-6-16(23)7-4-13/h1-11,29H,12H2. The zero-order valence-corrected chi connectivity index (χ0v) is 17.3. The summed E-state index contributed by atoms with van der Waals surface area (Å²) in [5, 5.41) is 20.0. The van der Waals surface area contributed by atoms with Crippen molar-refractivity contribution in [2.24, 2.45) is 10.2 Å². The number of rotatable bonds is 4. The molecule has 0 unspecified atom stereocenters. The molecule has 1 amide bonds. The molecule has 0 saturated heterocycles. The van der Waals surface area contributed by atoms with Crippen molar-refractivity contribution < 1.29 is 9.90 Å². The molecular weight excluding hydrogens is 456 g/mol. The van der Waals surface area contributed by atoms with Gasteiger partial charge >= 0.3 is 0 Å². The first kappa shape index (κ1) is 19.3. The Bertz CT molecular complexity index is 1220. The molecule has 2 aromatic carbocycles. The van der Waals surface area contributed by atoms with Gasteiger partial charge in [0.25, 0.3) is 5.91 Å². The number of benzene rings is 2. The lowest BCUT2D eigenvalue weighted by Gasteiger charge is -2.07. The molecule has 8 heteroatoms. The van der Waals surface area contributed by atoms with Gasteiger partial charge in [-0.2, -0.15) is 0 Å². The van der Waals surface area contributed by atoms with Crippen LogP contribution in [-0.4, -0.2) is 20.6 Å². The minimum Gasteiger partial charge on any atom is -0.493 e. The Morgan fingerprint density at radius 2 is 1.97 bits per heavy atom. The lowest BCUT2D eigenvalue weighted by molar-refractivity contribution is 0.0994. The summed E-state index contributed by atoms with van der Waals surface area (Å²) in [5.41, 5.74) is 2.28. The van der Waals surface area contributed by atoms with Gasteiger partial charge in [-0.3, -0.25) is 9.78 Å². The molecule has 1 N–H and O–H groups in total. The van der Waals surface area contributed by atoms with Crippen LogP contribution in [0.3, 0.4) is 0 Å². The van der Waals surface area contributed by atoms with Gasteiger partial charge in [-0.1, -0.05) is 39.7 Å². The summed E-state index contributed by atoms with van der Waals surface area (Å²) >= 11 is 9.40. The van der Waals surface area contributed by atoms with Gasteiger partial charge in [0.1, 0.15) is 0 Å². The topological polar surface area (TPSA) is 79.8 Å². The second-order valence-corrected chi connectivity index (χ2v) is 7.65. The predicted octanol–water partition coefficient (Wildman–Crippen LogP) is 6.13. The van der Waals surface area contributed by atoms with E-state index in [-0.39, 0.29) is 11.6 Å². The summed E-state index contributed by atoms with van der Waals surface area (Å²) in [4.78, 5) is 16.2. The number of carbonyl (C=O) groups excluding carboxylic acids is 1. The van der Waals surface area contributed by atoms with Gasteiger partial charge in [-0.25, -0.2) is 0 Å². The number of hydrogen-bond donors (Lipinski definition) is 1. The normalized spacial score (nSPS) is 11.4. The third-order valence-corrected chi connectivity index (χ3v) is 5.12. The molecule has 29 heavy (non-hydrogen) atoms. The quantitative estimate of drug-likeness (QED) is 0.365. The van der Waals surface area contributed by atoms with E-state index in [2.05, 4.69) is 31.1 Å². The molecule has 6 nitrogen and oxygen atoms in total. The molecule has 4 aromatic rings. The van der Waals surface area contributed by atoms with E-state index >= 15 is 0 Å². The predicted molar refractivity (Wildman–Crippen MR) is 115 cm³/mol. The lowest BCUT2D eigenvalue weighted by Crippen LogP contribution is -1.98. The van der Waals surface area contributed by atoms with Crippen molar-refractivity contribution in [2.75, 3.05) is 0 Å². The summed E-state index contributed by atoms with van der Waals surface area (Å²) in [6.45, 7) is 0.410. The average Bonchev–Trinajstić information content (AvgIpc) is 2.99. The number of nitrogens with zero attached hydrogens (tertiary/aromatic N) is 4. The number of aromatic hydroxyl groups is 1. The van der Waals surface area contributed by atoms with E-state index in [1.807, 2.05) is 30.3 Å². The summed E-state index contributed by atoms with van der Waals surface area (Å²) in [6, 6.07) is 16.2. The number of azo groups is 1. The van der Waals surface area contributed by atoms with Crippen LogP contribution < -0.4 is 0 Å². The number of fused-ring (bicyclic) bond motifs is 1. The Morgan fingerprint density at radius 1 is 1.17 bits per heavy atom. The number of amides is 1. The molecule has 2 aromatic heterocycles. The second-order valence-electron chi connectivity index (χ2n) is 6.29. The van der Waals surface area contributed by atoms with Gasteiger partial charge in [0.2, 0.25) is 5.88 Å². The van der Waals surface area contributed by atoms with Crippen LogP contribution in [0, 0.1) is 0 Å². The maximum atomic E-state index is 12.3. The molecule has 0 fully saturated rings. The monoisotopic (exact) mass is 468 g/mol.